The molecule has 0 aliphatic carbocycles. The molecule has 7 heteroatoms. The Hall–Kier alpha value is -2.64. The van der Waals surface area contributed by atoms with Gasteiger partial charge in [0.25, 0.3) is 0 Å². The van der Waals surface area contributed by atoms with E-state index in [4.69, 9.17) is 5.73 Å². The van der Waals surface area contributed by atoms with E-state index in [0.717, 1.165) is 64.3 Å². The molecule has 2 fully saturated rings. The molecule has 2 aromatic carbocycles. The number of hydrogen-bond acceptors (Lipinski definition) is 4. The fraction of sp³-hybridized carbons (Fsp3) is 0.458. The average molecular weight is 426 g/mol. The van der Waals surface area contributed by atoms with E-state index in [2.05, 4.69) is 37.9 Å². The molecule has 2 aromatic rings. The van der Waals surface area contributed by atoms with Gasteiger partial charge in [-0.2, -0.15) is 0 Å². The summed E-state index contributed by atoms with van der Waals surface area (Å²) in [5.74, 6) is 0.367. The largest absolute Gasteiger partial charge is 0.393 e. The van der Waals surface area contributed by atoms with Crippen LogP contribution in [0.25, 0.3) is 0 Å². The van der Waals surface area contributed by atoms with Crippen LogP contribution in [-0.2, 0) is 13.1 Å². The molecule has 0 unspecified atom stereocenters. The Morgan fingerprint density at radius 2 is 1.58 bits per heavy atom. The summed E-state index contributed by atoms with van der Waals surface area (Å²) in [4.78, 5) is 11.4. The van der Waals surface area contributed by atoms with Crippen LogP contribution in [0.4, 0.5) is 10.1 Å². The van der Waals surface area contributed by atoms with Crippen LogP contribution in [0, 0.1) is 5.82 Å². The number of likely N-dealkylation sites (tertiary alicyclic amines) is 1. The van der Waals surface area contributed by atoms with Crippen LogP contribution in [0.1, 0.15) is 24.0 Å². The lowest BCUT2D eigenvalue weighted by Crippen LogP contribution is -2.51. The smallest absolute Gasteiger partial charge is 0.191 e. The number of nitrogens with two attached hydrogens (primary N) is 1. The zero-order valence-electron chi connectivity index (χ0n) is 18.0. The SMILES string of the molecule is NC(=NCc1ccccc1CN1CCC(O)CC1)N1CCN(c2ccc(F)cc2)CC1. The van der Waals surface area contributed by atoms with Crippen molar-refractivity contribution in [1.82, 2.24) is 9.80 Å². The van der Waals surface area contributed by atoms with Crippen LogP contribution in [-0.4, -0.2) is 66.2 Å². The monoisotopic (exact) mass is 425 g/mol. The van der Waals surface area contributed by atoms with Crippen LogP contribution in [0.2, 0.25) is 0 Å². The Labute approximate surface area is 183 Å². The third-order valence-corrected chi connectivity index (χ3v) is 6.28. The number of nitrogens with zero attached hydrogens (tertiary/aromatic N) is 4. The van der Waals surface area contributed by atoms with Gasteiger partial charge in [0, 0.05) is 51.5 Å². The maximum atomic E-state index is 13.2. The van der Waals surface area contributed by atoms with Crippen LogP contribution < -0.4 is 10.6 Å². The number of benzene rings is 2. The van der Waals surface area contributed by atoms with Crippen molar-refractivity contribution in [1.29, 1.82) is 0 Å². The fourth-order valence-corrected chi connectivity index (χ4v) is 4.30. The summed E-state index contributed by atoms with van der Waals surface area (Å²) in [6.45, 7) is 6.57. The summed E-state index contributed by atoms with van der Waals surface area (Å²) in [6.07, 6.45) is 1.54. The molecule has 0 atom stereocenters. The minimum absolute atomic E-state index is 0.153. The molecule has 0 bridgehead atoms. The predicted molar refractivity (Wildman–Crippen MR) is 122 cm³/mol. The lowest BCUT2D eigenvalue weighted by molar-refractivity contribution is 0.0791. The number of halogens is 1. The zero-order chi connectivity index (χ0) is 21.6. The molecule has 0 radical (unpaired) electrons. The molecule has 2 saturated heterocycles. The lowest BCUT2D eigenvalue weighted by atomic mass is 10.0. The third kappa shape index (κ3) is 5.74. The Bertz CT molecular complexity index is 872. The van der Waals surface area contributed by atoms with E-state index in [9.17, 15) is 9.50 Å². The highest BCUT2D eigenvalue weighted by molar-refractivity contribution is 5.78. The fourth-order valence-electron chi connectivity index (χ4n) is 4.30. The van der Waals surface area contributed by atoms with Crippen molar-refractivity contribution in [2.45, 2.75) is 32.0 Å². The van der Waals surface area contributed by atoms with E-state index < -0.39 is 0 Å². The van der Waals surface area contributed by atoms with E-state index in [0.29, 0.717) is 12.5 Å². The minimum atomic E-state index is -0.211. The first-order valence-electron chi connectivity index (χ1n) is 11.1. The van der Waals surface area contributed by atoms with Crippen LogP contribution in [0.3, 0.4) is 0 Å². The van der Waals surface area contributed by atoms with E-state index >= 15 is 0 Å². The number of guanidine groups is 1. The standard InChI is InChI=1S/C24H32FN5O/c25-21-5-7-22(8-6-21)29-13-15-30(16-14-29)24(26)27-17-19-3-1-2-4-20(19)18-28-11-9-23(31)10-12-28/h1-8,23,31H,9-18H2,(H2,26,27). The van der Waals surface area contributed by atoms with Crippen molar-refractivity contribution in [2.75, 3.05) is 44.2 Å². The topological polar surface area (TPSA) is 68.3 Å². The molecule has 4 rings (SSSR count). The quantitative estimate of drug-likeness (QED) is 0.569. The minimum Gasteiger partial charge on any atom is -0.393 e. The van der Waals surface area contributed by atoms with Crippen LogP contribution in [0.5, 0.6) is 0 Å². The number of aliphatic hydroxyl groups excluding tert-OH is 1. The van der Waals surface area contributed by atoms with Crippen molar-refractivity contribution >= 4 is 11.6 Å². The second-order valence-corrected chi connectivity index (χ2v) is 8.40. The maximum absolute atomic E-state index is 13.2. The van der Waals surface area contributed by atoms with Gasteiger partial charge >= 0.3 is 0 Å². The molecule has 2 heterocycles. The van der Waals surface area contributed by atoms with Gasteiger partial charge in [-0.25, -0.2) is 9.38 Å². The molecule has 31 heavy (non-hydrogen) atoms. The van der Waals surface area contributed by atoms with Crippen molar-refractivity contribution in [3.05, 3.63) is 65.5 Å². The second kappa shape index (κ2) is 10.1. The van der Waals surface area contributed by atoms with Gasteiger partial charge in [-0.1, -0.05) is 24.3 Å². The molecule has 0 saturated carbocycles. The molecule has 0 spiro atoms. The van der Waals surface area contributed by atoms with Crippen LogP contribution >= 0.6 is 0 Å². The van der Waals surface area contributed by atoms with Gasteiger partial charge in [-0.05, 0) is 48.2 Å². The maximum Gasteiger partial charge on any atom is 0.191 e. The Morgan fingerprint density at radius 1 is 0.935 bits per heavy atom. The number of piperidine rings is 1. The first-order chi connectivity index (χ1) is 15.1. The first kappa shape index (κ1) is 21.6. The summed E-state index contributed by atoms with van der Waals surface area (Å²) in [6, 6.07) is 15.0. The highest BCUT2D eigenvalue weighted by atomic mass is 19.1. The Kier molecular flexibility index (Phi) is 7.04. The summed E-state index contributed by atoms with van der Waals surface area (Å²) in [5.41, 5.74) is 9.83. The van der Waals surface area contributed by atoms with Gasteiger partial charge in [0.2, 0.25) is 0 Å². The highest BCUT2D eigenvalue weighted by Crippen LogP contribution is 2.19. The number of hydrogen-bond donors (Lipinski definition) is 2. The Balaban J connectivity index is 1.32. The van der Waals surface area contributed by atoms with E-state index in [1.807, 2.05) is 18.2 Å². The van der Waals surface area contributed by atoms with Crippen molar-refractivity contribution < 1.29 is 9.50 Å². The Morgan fingerprint density at radius 3 is 2.26 bits per heavy atom. The van der Waals surface area contributed by atoms with Gasteiger partial charge in [-0.15, -0.1) is 0 Å². The zero-order valence-corrected chi connectivity index (χ0v) is 18.0. The molecule has 2 aliphatic heterocycles. The molecule has 166 valence electrons. The molecular formula is C24H32FN5O. The summed E-state index contributed by atoms with van der Waals surface area (Å²) >= 11 is 0. The summed E-state index contributed by atoms with van der Waals surface area (Å²) in [5, 5.41) is 9.73. The van der Waals surface area contributed by atoms with Gasteiger partial charge in [0.05, 0.1) is 12.6 Å². The van der Waals surface area contributed by atoms with Crippen molar-refractivity contribution in [2.24, 2.45) is 10.7 Å². The molecule has 0 aromatic heterocycles. The van der Waals surface area contributed by atoms with Crippen molar-refractivity contribution in [3.63, 3.8) is 0 Å². The predicted octanol–water partition coefficient (Wildman–Crippen LogP) is 2.42. The van der Waals surface area contributed by atoms with Crippen LogP contribution in [0.15, 0.2) is 53.5 Å². The van der Waals surface area contributed by atoms with E-state index in [1.54, 1.807) is 0 Å². The average Bonchev–Trinajstić information content (AvgIpc) is 2.80. The molecule has 6 nitrogen and oxygen atoms in total. The number of anilines is 1. The lowest BCUT2D eigenvalue weighted by Gasteiger charge is -2.36. The van der Waals surface area contributed by atoms with Crippen molar-refractivity contribution in [3.8, 4) is 0 Å². The number of rotatable bonds is 5. The van der Waals surface area contributed by atoms with Gasteiger partial charge in [0.15, 0.2) is 5.96 Å². The van der Waals surface area contributed by atoms with E-state index in [1.165, 1.54) is 23.3 Å². The first-order valence-corrected chi connectivity index (χ1v) is 11.1. The molecule has 0 amide bonds. The van der Waals surface area contributed by atoms with Gasteiger partial charge in [-0.3, -0.25) is 4.90 Å². The number of piperazine rings is 1. The molecular weight excluding hydrogens is 393 g/mol. The molecule has 3 N–H and O–H groups in total. The molecule has 2 aliphatic rings. The second-order valence-electron chi connectivity index (χ2n) is 8.40. The highest BCUT2D eigenvalue weighted by Gasteiger charge is 2.20. The van der Waals surface area contributed by atoms with E-state index in [-0.39, 0.29) is 11.9 Å². The summed E-state index contributed by atoms with van der Waals surface area (Å²) < 4.78 is 13.2. The van der Waals surface area contributed by atoms with Gasteiger partial charge in [0.1, 0.15) is 5.82 Å². The summed E-state index contributed by atoms with van der Waals surface area (Å²) in [7, 11) is 0. The third-order valence-electron chi connectivity index (χ3n) is 6.28. The number of aliphatic hydroxyl groups is 1. The van der Waals surface area contributed by atoms with Gasteiger partial charge < -0.3 is 20.6 Å². The number of aliphatic imine (C=N–C) groups is 1. The normalized spacial score (nSPS) is 19.1.